The lowest BCUT2D eigenvalue weighted by atomic mass is 10.0. The minimum absolute atomic E-state index is 0.0493. The molecule has 1 aromatic rings. The minimum Gasteiger partial charge on any atom is -0.396 e. The van der Waals surface area contributed by atoms with Gasteiger partial charge in [-0.05, 0) is 31.2 Å². The fourth-order valence-corrected chi connectivity index (χ4v) is 4.08. The first-order chi connectivity index (χ1) is 9.93. The van der Waals surface area contributed by atoms with Gasteiger partial charge >= 0.3 is 0 Å². The van der Waals surface area contributed by atoms with Crippen LogP contribution in [0, 0.1) is 12.8 Å². The summed E-state index contributed by atoms with van der Waals surface area (Å²) in [4.78, 5) is 0. The van der Waals surface area contributed by atoms with Gasteiger partial charge in [0.25, 0.3) is 10.2 Å². The molecule has 5 nitrogen and oxygen atoms in total. The van der Waals surface area contributed by atoms with Gasteiger partial charge in [0.15, 0.2) is 0 Å². The van der Waals surface area contributed by atoms with Crippen LogP contribution < -0.4 is 0 Å². The number of aliphatic hydroxyl groups excluding tert-OH is 1. The first-order valence-corrected chi connectivity index (χ1v) is 8.71. The van der Waals surface area contributed by atoms with Crippen molar-refractivity contribution < 1.29 is 13.5 Å². The van der Waals surface area contributed by atoms with Crippen molar-refractivity contribution in [3.05, 3.63) is 35.4 Å². The zero-order valence-electron chi connectivity index (χ0n) is 12.7. The molecule has 1 saturated heterocycles. The third kappa shape index (κ3) is 4.03. The molecule has 0 amide bonds. The van der Waals surface area contributed by atoms with Gasteiger partial charge in [0, 0.05) is 33.3 Å². The fourth-order valence-electron chi connectivity index (χ4n) is 2.61. The Morgan fingerprint density at radius 3 is 2.62 bits per heavy atom. The maximum absolute atomic E-state index is 12.6. The van der Waals surface area contributed by atoms with Gasteiger partial charge < -0.3 is 5.11 Å². The van der Waals surface area contributed by atoms with Crippen molar-refractivity contribution in [2.75, 3.05) is 26.7 Å². The lowest BCUT2D eigenvalue weighted by molar-refractivity contribution is 0.161. The van der Waals surface area contributed by atoms with E-state index in [-0.39, 0.29) is 12.5 Å². The number of aryl methyl sites for hydroxylation is 1. The molecular formula is C15H24N2O3S. The summed E-state index contributed by atoms with van der Waals surface area (Å²) in [7, 11) is -1.85. The van der Waals surface area contributed by atoms with E-state index in [9.17, 15) is 13.5 Å². The van der Waals surface area contributed by atoms with E-state index in [1.54, 1.807) is 7.05 Å². The van der Waals surface area contributed by atoms with Crippen LogP contribution in [0.1, 0.15) is 24.0 Å². The Bertz CT molecular complexity index is 557. The van der Waals surface area contributed by atoms with Crippen LogP contribution in [0.3, 0.4) is 0 Å². The van der Waals surface area contributed by atoms with Crippen LogP contribution in [0.4, 0.5) is 0 Å². The molecule has 1 heterocycles. The summed E-state index contributed by atoms with van der Waals surface area (Å²) in [5.74, 6) is 0.0568. The maximum atomic E-state index is 12.6. The first-order valence-electron chi connectivity index (χ1n) is 7.31. The van der Waals surface area contributed by atoms with Crippen molar-refractivity contribution in [3.63, 3.8) is 0 Å². The second-order valence-electron chi connectivity index (χ2n) is 5.80. The summed E-state index contributed by atoms with van der Waals surface area (Å²) >= 11 is 0. The highest BCUT2D eigenvalue weighted by molar-refractivity contribution is 7.86. The summed E-state index contributed by atoms with van der Waals surface area (Å²) in [6.07, 6.45) is 1.70. The molecule has 0 aliphatic carbocycles. The molecule has 6 heteroatoms. The number of piperidine rings is 1. The number of hydrogen-bond donors (Lipinski definition) is 1. The molecule has 1 fully saturated rings. The van der Waals surface area contributed by atoms with Crippen molar-refractivity contribution in [2.24, 2.45) is 5.92 Å². The Kier molecular flexibility index (Phi) is 5.37. The van der Waals surface area contributed by atoms with E-state index >= 15 is 0 Å². The molecule has 118 valence electrons. The van der Waals surface area contributed by atoms with E-state index in [0.29, 0.717) is 19.6 Å². The zero-order valence-corrected chi connectivity index (χ0v) is 13.5. The summed E-state index contributed by atoms with van der Waals surface area (Å²) < 4.78 is 28.1. The lowest BCUT2D eigenvalue weighted by Gasteiger charge is -2.33. The second-order valence-corrected chi connectivity index (χ2v) is 7.83. The number of hydrogen-bond acceptors (Lipinski definition) is 3. The van der Waals surface area contributed by atoms with Gasteiger partial charge in [-0.15, -0.1) is 0 Å². The largest absolute Gasteiger partial charge is 0.396 e. The van der Waals surface area contributed by atoms with Crippen molar-refractivity contribution >= 4 is 10.2 Å². The van der Waals surface area contributed by atoms with Gasteiger partial charge in [-0.1, -0.05) is 29.8 Å². The maximum Gasteiger partial charge on any atom is 0.282 e. The zero-order chi connectivity index (χ0) is 15.5. The number of aliphatic hydroxyl groups is 1. The van der Waals surface area contributed by atoms with E-state index in [4.69, 9.17) is 0 Å². The molecule has 1 atom stereocenters. The van der Waals surface area contributed by atoms with Gasteiger partial charge in [0.2, 0.25) is 0 Å². The van der Waals surface area contributed by atoms with Crippen LogP contribution in [0.5, 0.6) is 0 Å². The Morgan fingerprint density at radius 2 is 2.00 bits per heavy atom. The molecule has 1 unspecified atom stereocenters. The molecule has 2 rings (SSSR count). The van der Waals surface area contributed by atoms with Gasteiger partial charge in [-0.2, -0.15) is 17.0 Å². The molecule has 1 aromatic carbocycles. The Labute approximate surface area is 127 Å². The quantitative estimate of drug-likeness (QED) is 0.893. The molecule has 0 radical (unpaired) electrons. The molecule has 0 bridgehead atoms. The van der Waals surface area contributed by atoms with Crippen molar-refractivity contribution in [2.45, 2.75) is 26.3 Å². The van der Waals surface area contributed by atoms with Gasteiger partial charge in [-0.25, -0.2) is 0 Å². The summed E-state index contributed by atoms with van der Waals surface area (Å²) in [5, 5.41) is 9.24. The van der Waals surface area contributed by atoms with E-state index in [0.717, 1.165) is 24.0 Å². The van der Waals surface area contributed by atoms with Gasteiger partial charge in [-0.3, -0.25) is 0 Å². The standard InChI is InChI=1S/C15H24N2O3S/c1-13-5-7-14(8-6-13)10-16(2)21(19,20)17-9-3-4-15(11-17)12-18/h5-8,15,18H,3-4,9-12H2,1-2H3. The molecule has 21 heavy (non-hydrogen) atoms. The summed E-state index contributed by atoms with van der Waals surface area (Å²) in [6.45, 7) is 3.37. The van der Waals surface area contributed by atoms with Gasteiger partial charge in [0.05, 0.1) is 0 Å². The molecule has 1 aliphatic heterocycles. The normalized spacial score (nSPS) is 20.9. The average molecular weight is 312 g/mol. The Hall–Kier alpha value is -0.950. The van der Waals surface area contributed by atoms with Crippen LogP contribution in [-0.2, 0) is 16.8 Å². The smallest absolute Gasteiger partial charge is 0.282 e. The molecule has 1 aliphatic rings. The number of rotatable bonds is 5. The predicted molar refractivity (Wildman–Crippen MR) is 82.9 cm³/mol. The second kappa shape index (κ2) is 6.87. The van der Waals surface area contributed by atoms with Gasteiger partial charge in [0.1, 0.15) is 0 Å². The van der Waals surface area contributed by atoms with E-state index in [1.165, 1.54) is 8.61 Å². The molecule has 0 aromatic heterocycles. The molecular weight excluding hydrogens is 288 g/mol. The van der Waals surface area contributed by atoms with Crippen LogP contribution in [-0.4, -0.2) is 48.9 Å². The Balaban J connectivity index is 2.05. The third-order valence-electron chi connectivity index (χ3n) is 3.99. The highest BCUT2D eigenvalue weighted by Gasteiger charge is 2.31. The minimum atomic E-state index is -3.46. The highest BCUT2D eigenvalue weighted by atomic mass is 32.2. The van der Waals surface area contributed by atoms with E-state index in [1.807, 2.05) is 31.2 Å². The van der Waals surface area contributed by atoms with Crippen molar-refractivity contribution in [1.82, 2.24) is 8.61 Å². The SMILES string of the molecule is Cc1ccc(CN(C)S(=O)(=O)N2CCCC(CO)C2)cc1. The Morgan fingerprint density at radius 1 is 1.33 bits per heavy atom. The highest BCUT2D eigenvalue weighted by Crippen LogP contribution is 2.21. The fraction of sp³-hybridized carbons (Fsp3) is 0.600. The summed E-state index contributed by atoms with van der Waals surface area (Å²) in [5.41, 5.74) is 2.13. The van der Waals surface area contributed by atoms with Crippen LogP contribution in [0.2, 0.25) is 0 Å². The van der Waals surface area contributed by atoms with Crippen LogP contribution in [0.25, 0.3) is 0 Å². The topological polar surface area (TPSA) is 60.9 Å². The van der Waals surface area contributed by atoms with Crippen LogP contribution in [0.15, 0.2) is 24.3 Å². The molecule has 0 spiro atoms. The number of benzene rings is 1. The lowest BCUT2D eigenvalue weighted by Crippen LogP contribution is -2.47. The number of nitrogens with zero attached hydrogens (tertiary/aromatic N) is 2. The van der Waals surface area contributed by atoms with E-state index in [2.05, 4.69) is 0 Å². The summed E-state index contributed by atoms with van der Waals surface area (Å²) in [6, 6.07) is 7.87. The van der Waals surface area contributed by atoms with E-state index < -0.39 is 10.2 Å². The third-order valence-corrected chi connectivity index (χ3v) is 5.89. The monoisotopic (exact) mass is 312 g/mol. The molecule has 0 saturated carbocycles. The average Bonchev–Trinajstić information content (AvgIpc) is 2.49. The molecule has 1 N–H and O–H groups in total. The predicted octanol–water partition coefficient (Wildman–Crippen LogP) is 1.38. The first kappa shape index (κ1) is 16.4. The van der Waals surface area contributed by atoms with Crippen molar-refractivity contribution in [1.29, 1.82) is 0 Å². The van der Waals surface area contributed by atoms with Crippen LogP contribution >= 0.6 is 0 Å². The van der Waals surface area contributed by atoms with Crippen molar-refractivity contribution in [3.8, 4) is 0 Å².